The van der Waals surface area contributed by atoms with Gasteiger partial charge in [-0.05, 0) is 20.9 Å². The molecule has 0 aliphatic carbocycles. The van der Waals surface area contributed by atoms with Crippen molar-refractivity contribution in [2.24, 2.45) is 0 Å². The predicted molar refractivity (Wildman–Crippen MR) is 65.3 cm³/mol. The summed E-state index contributed by atoms with van der Waals surface area (Å²) in [5.74, 6) is -0.275. The second-order valence-corrected chi connectivity index (χ2v) is 4.36. The van der Waals surface area contributed by atoms with Crippen molar-refractivity contribution in [1.82, 2.24) is 9.78 Å². The van der Waals surface area contributed by atoms with Crippen LogP contribution in [0.2, 0.25) is 0 Å². The fourth-order valence-electron chi connectivity index (χ4n) is 1.23. The van der Waals surface area contributed by atoms with Crippen LogP contribution < -0.4 is 0 Å². The summed E-state index contributed by atoms with van der Waals surface area (Å²) >= 11 is 3.03. The van der Waals surface area contributed by atoms with Gasteiger partial charge in [0.15, 0.2) is 0 Å². The molecule has 0 spiro atoms. The fourth-order valence-corrected chi connectivity index (χ4v) is 1.69. The van der Waals surface area contributed by atoms with Crippen molar-refractivity contribution >= 4 is 21.7 Å². The molecule has 102 valence electrons. The molecule has 1 aromatic rings. The van der Waals surface area contributed by atoms with E-state index in [0.29, 0.717) is 13.2 Å². The van der Waals surface area contributed by atoms with Crippen molar-refractivity contribution in [2.75, 3.05) is 26.9 Å². The molecule has 1 rings (SSSR count). The van der Waals surface area contributed by atoms with E-state index in [-0.39, 0.29) is 23.4 Å². The van der Waals surface area contributed by atoms with Gasteiger partial charge in [-0.15, -0.1) is 0 Å². The zero-order chi connectivity index (χ0) is 13.5. The monoisotopic (exact) mass is 323 g/mol. The Morgan fingerprint density at radius 1 is 1.67 bits per heavy atom. The maximum Gasteiger partial charge on any atom is 0.404 e. The van der Waals surface area contributed by atoms with Crippen LogP contribution in [0.15, 0.2) is 10.7 Å². The van der Waals surface area contributed by atoms with Crippen LogP contribution in [-0.4, -0.2) is 52.8 Å². The fraction of sp³-hybridized carbons (Fsp3) is 0.667. The first kappa shape index (κ1) is 15.0. The highest BCUT2D eigenvalue weighted by atomic mass is 79.9. The Morgan fingerprint density at radius 3 is 2.94 bits per heavy atom. The lowest BCUT2D eigenvalue weighted by molar-refractivity contribution is -0.390. The van der Waals surface area contributed by atoms with Gasteiger partial charge in [-0.2, -0.15) is 4.68 Å². The topological polar surface area (TPSA) is 99.6 Å². The van der Waals surface area contributed by atoms with E-state index >= 15 is 0 Å². The Hall–Kier alpha value is -1.03. The average Bonchev–Trinajstić information content (AvgIpc) is 2.66. The van der Waals surface area contributed by atoms with Gasteiger partial charge in [0, 0.05) is 7.11 Å². The van der Waals surface area contributed by atoms with E-state index in [1.807, 2.05) is 0 Å². The summed E-state index contributed by atoms with van der Waals surface area (Å²) in [7, 11) is 1.56. The highest BCUT2D eigenvalue weighted by Crippen LogP contribution is 2.21. The van der Waals surface area contributed by atoms with E-state index in [9.17, 15) is 15.2 Å². The summed E-state index contributed by atoms with van der Waals surface area (Å²) in [6.45, 7) is 1.08. The quantitative estimate of drug-likeness (QED) is 0.426. The number of halogens is 1. The molecule has 0 radical (unpaired) electrons. The molecular formula is C9H14BrN3O5. The molecule has 0 fully saturated rings. The number of rotatable bonds is 8. The predicted octanol–water partition coefficient (Wildman–Crippen LogP) is 0.578. The zero-order valence-corrected chi connectivity index (χ0v) is 11.4. The molecule has 0 amide bonds. The van der Waals surface area contributed by atoms with E-state index < -0.39 is 11.0 Å². The van der Waals surface area contributed by atoms with Crippen LogP contribution in [0.3, 0.4) is 0 Å². The molecule has 1 N–H and O–H groups in total. The third-order valence-corrected chi connectivity index (χ3v) is 2.57. The van der Waals surface area contributed by atoms with Crippen LogP contribution in [0, 0.1) is 10.1 Å². The number of aromatic nitrogens is 2. The molecule has 1 atom stereocenters. The van der Waals surface area contributed by atoms with Gasteiger partial charge in [0.1, 0.15) is 4.47 Å². The van der Waals surface area contributed by atoms with E-state index in [0.717, 1.165) is 0 Å². The Labute approximate surface area is 112 Å². The van der Waals surface area contributed by atoms with Gasteiger partial charge in [-0.25, -0.2) is 0 Å². The third kappa shape index (κ3) is 4.69. The minimum Gasteiger partial charge on any atom is -0.389 e. The standard InChI is InChI=1S/C9H14BrN3O5/c1-17-2-3-18-6-7(14)4-12-5-8(10)9(11-12)13(15)16/h5,7,14H,2-4,6H2,1H3. The molecule has 0 saturated heterocycles. The smallest absolute Gasteiger partial charge is 0.389 e. The highest BCUT2D eigenvalue weighted by molar-refractivity contribution is 9.10. The molecule has 0 saturated carbocycles. The van der Waals surface area contributed by atoms with Gasteiger partial charge in [-0.3, -0.25) is 0 Å². The normalized spacial score (nSPS) is 12.6. The molecular weight excluding hydrogens is 310 g/mol. The van der Waals surface area contributed by atoms with Crippen LogP contribution >= 0.6 is 15.9 Å². The maximum absolute atomic E-state index is 10.6. The minimum atomic E-state index is -0.784. The van der Waals surface area contributed by atoms with Gasteiger partial charge in [0.05, 0.1) is 43.8 Å². The summed E-state index contributed by atoms with van der Waals surface area (Å²) in [4.78, 5) is 9.97. The second-order valence-electron chi connectivity index (χ2n) is 3.50. The van der Waals surface area contributed by atoms with Gasteiger partial charge >= 0.3 is 5.82 Å². The third-order valence-electron chi connectivity index (χ3n) is 2.01. The zero-order valence-electron chi connectivity index (χ0n) is 9.78. The second kappa shape index (κ2) is 7.41. The van der Waals surface area contributed by atoms with Crippen molar-refractivity contribution in [3.05, 3.63) is 20.8 Å². The molecule has 8 nitrogen and oxygen atoms in total. The Balaban J connectivity index is 2.42. The van der Waals surface area contributed by atoms with Crippen LogP contribution in [0.5, 0.6) is 0 Å². The van der Waals surface area contributed by atoms with Crippen molar-refractivity contribution in [1.29, 1.82) is 0 Å². The largest absolute Gasteiger partial charge is 0.404 e. The summed E-state index contributed by atoms with van der Waals surface area (Å²) in [5.41, 5.74) is 0. The van der Waals surface area contributed by atoms with Crippen LogP contribution in [0.1, 0.15) is 0 Å². The van der Waals surface area contributed by atoms with Crippen LogP contribution in [-0.2, 0) is 16.0 Å². The number of methoxy groups -OCH3 is 1. The van der Waals surface area contributed by atoms with Crippen molar-refractivity contribution in [2.45, 2.75) is 12.6 Å². The molecule has 1 unspecified atom stereocenters. The Morgan fingerprint density at radius 2 is 2.39 bits per heavy atom. The van der Waals surface area contributed by atoms with Gasteiger partial charge < -0.3 is 24.7 Å². The minimum absolute atomic E-state index is 0.120. The lowest BCUT2D eigenvalue weighted by Crippen LogP contribution is -2.23. The van der Waals surface area contributed by atoms with E-state index in [4.69, 9.17) is 9.47 Å². The van der Waals surface area contributed by atoms with Crippen molar-refractivity contribution in [3.63, 3.8) is 0 Å². The number of hydrogen-bond acceptors (Lipinski definition) is 6. The lowest BCUT2D eigenvalue weighted by Gasteiger charge is -2.09. The number of aliphatic hydroxyl groups is 1. The van der Waals surface area contributed by atoms with Gasteiger partial charge in [0.25, 0.3) is 0 Å². The number of aliphatic hydroxyl groups excluding tert-OH is 1. The Bertz CT molecular complexity index is 398. The van der Waals surface area contributed by atoms with Crippen LogP contribution in [0.4, 0.5) is 5.82 Å². The molecule has 18 heavy (non-hydrogen) atoms. The first-order valence-electron chi connectivity index (χ1n) is 5.16. The maximum atomic E-state index is 10.6. The molecule has 9 heteroatoms. The van der Waals surface area contributed by atoms with Gasteiger partial charge in [0.2, 0.25) is 0 Å². The molecule has 1 aromatic heterocycles. The molecule has 0 bridgehead atoms. The number of hydrogen-bond donors (Lipinski definition) is 1. The average molecular weight is 324 g/mol. The van der Waals surface area contributed by atoms with Gasteiger partial charge in [-0.1, -0.05) is 0 Å². The molecule has 0 aliphatic rings. The van der Waals surface area contributed by atoms with E-state index in [1.54, 1.807) is 7.11 Å². The van der Waals surface area contributed by atoms with Crippen molar-refractivity contribution in [3.8, 4) is 0 Å². The van der Waals surface area contributed by atoms with E-state index in [2.05, 4.69) is 21.0 Å². The number of nitro groups is 1. The highest BCUT2D eigenvalue weighted by Gasteiger charge is 2.20. The SMILES string of the molecule is COCCOCC(O)Cn1cc(Br)c([N+](=O)[O-])n1. The summed E-state index contributed by atoms with van der Waals surface area (Å²) < 4.78 is 11.5. The van der Waals surface area contributed by atoms with Crippen LogP contribution in [0.25, 0.3) is 0 Å². The van der Waals surface area contributed by atoms with Crippen molar-refractivity contribution < 1.29 is 19.5 Å². The van der Waals surface area contributed by atoms with E-state index in [1.165, 1.54) is 10.9 Å². The lowest BCUT2D eigenvalue weighted by atomic mass is 10.4. The molecule has 0 aromatic carbocycles. The Kier molecular flexibility index (Phi) is 6.19. The summed E-state index contributed by atoms with van der Waals surface area (Å²) in [6, 6.07) is 0. The first-order chi connectivity index (χ1) is 8.54. The molecule has 1 heterocycles. The number of nitrogens with zero attached hydrogens (tertiary/aromatic N) is 3. The first-order valence-corrected chi connectivity index (χ1v) is 5.96. The molecule has 0 aliphatic heterocycles. The summed E-state index contributed by atoms with van der Waals surface area (Å²) in [6.07, 6.45) is 0.657. The number of ether oxygens (including phenoxy) is 2. The summed E-state index contributed by atoms with van der Waals surface area (Å²) in [5, 5.41) is 23.9.